The van der Waals surface area contributed by atoms with Crippen molar-refractivity contribution in [2.45, 2.75) is 141 Å². The van der Waals surface area contributed by atoms with Crippen LogP contribution in [-0.2, 0) is 77.9 Å². The number of hydrogen-bond acceptors (Lipinski definition) is 17. The first kappa shape index (κ1) is 46.0. The minimum atomic E-state index is -1.70. The van der Waals surface area contributed by atoms with Gasteiger partial charge in [0.1, 0.15) is 37.1 Å². The highest BCUT2D eigenvalue weighted by molar-refractivity contribution is 5.69. The molecular weight excluding hydrogens is 742 g/mol. The van der Waals surface area contributed by atoms with Crippen LogP contribution in [0, 0.1) is 0 Å². The topological polar surface area (TPSA) is 247 Å². The lowest BCUT2D eigenvalue weighted by atomic mass is 9.95. The lowest BCUT2D eigenvalue weighted by Gasteiger charge is -2.48. The fourth-order valence-electron chi connectivity index (χ4n) is 6.22. The number of ether oxygens (including phenoxy) is 10. The number of aliphatic hydroxyl groups excluding tert-OH is 1. The summed E-state index contributed by atoms with van der Waals surface area (Å²) in [4.78, 5) is 63.0. The van der Waals surface area contributed by atoms with Gasteiger partial charge in [0.25, 0.3) is 0 Å². The van der Waals surface area contributed by atoms with Crippen molar-refractivity contribution in [3.05, 3.63) is 46.3 Å². The van der Waals surface area contributed by atoms with Crippen LogP contribution >= 0.6 is 0 Å². The molecule has 2 heterocycles. The zero-order valence-corrected chi connectivity index (χ0v) is 32.4. The summed E-state index contributed by atoms with van der Waals surface area (Å²) in [6.45, 7) is 4.05. The predicted molar refractivity (Wildman–Crippen MR) is 191 cm³/mol. The summed E-state index contributed by atoms with van der Waals surface area (Å²) in [5, 5.41) is 15.6. The quantitative estimate of drug-likeness (QED) is 0.0441. The zero-order chi connectivity index (χ0) is 41.0. The number of rotatable bonds is 22. The molecule has 1 aromatic rings. The number of carbonyl (C=O) groups is 5. The van der Waals surface area contributed by atoms with E-state index in [1.54, 1.807) is 0 Å². The summed E-state index contributed by atoms with van der Waals surface area (Å²) >= 11 is 0. The van der Waals surface area contributed by atoms with E-state index < -0.39 is 91.8 Å². The van der Waals surface area contributed by atoms with Crippen molar-refractivity contribution >= 4 is 29.8 Å². The first-order valence-corrected chi connectivity index (χ1v) is 18.5. The second-order valence-electron chi connectivity index (χ2n) is 13.2. The predicted octanol–water partition coefficient (Wildman–Crippen LogP) is 3.36. The van der Waals surface area contributed by atoms with Gasteiger partial charge in [-0.25, -0.2) is 0 Å². The summed E-state index contributed by atoms with van der Waals surface area (Å²) in [6, 6.07) is 7.91. The van der Waals surface area contributed by atoms with Gasteiger partial charge in [0.15, 0.2) is 30.9 Å². The Labute approximate surface area is 325 Å². The molecule has 0 bridgehead atoms. The summed E-state index contributed by atoms with van der Waals surface area (Å²) in [5.41, 5.74) is 10.5. The fraction of sp³-hybridized carbons (Fsp3) is 0.703. The molecule has 2 saturated heterocycles. The summed E-state index contributed by atoms with van der Waals surface area (Å²) in [7, 11) is 1.36. The van der Waals surface area contributed by atoms with E-state index in [0.29, 0.717) is 12.8 Å². The van der Waals surface area contributed by atoms with Crippen LogP contribution in [0.25, 0.3) is 10.4 Å². The maximum Gasteiger partial charge on any atom is 0.305 e. The van der Waals surface area contributed by atoms with E-state index in [1.807, 2.05) is 30.3 Å². The Kier molecular flexibility index (Phi) is 20.0. The van der Waals surface area contributed by atoms with Gasteiger partial charge in [-0.2, -0.15) is 0 Å². The maximum atomic E-state index is 12.4. The molecule has 56 heavy (non-hydrogen) atoms. The molecule has 0 unspecified atom stereocenters. The van der Waals surface area contributed by atoms with Gasteiger partial charge in [0, 0.05) is 45.6 Å². The average molecular weight is 796 g/mol. The number of aliphatic hydroxyl groups is 1. The summed E-state index contributed by atoms with van der Waals surface area (Å²) in [5.74, 6) is -3.48. The van der Waals surface area contributed by atoms with Crippen LogP contribution in [0.3, 0.4) is 0 Å². The molecule has 0 aliphatic carbocycles. The third kappa shape index (κ3) is 15.3. The van der Waals surface area contributed by atoms with Crippen LogP contribution in [0.5, 0.6) is 0 Å². The summed E-state index contributed by atoms with van der Waals surface area (Å²) in [6.07, 6.45) is -7.97. The molecule has 1 N–H and O–H groups in total. The van der Waals surface area contributed by atoms with Crippen molar-refractivity contribution < 1.29 is 76.4 Å². The molecule has 0 amide bonds. The fourth-order valence-corrected chi connectivity index (χ4v) is 6.22. The smallest absolute Gasteiger partial charge is 0.305 e. The van der Waals surface area contributed by atoms with Crippen molar-refractivity contribution in [2.75, 3.05) is 26.9 Å². The van der Waals surface area contributed by atoms with E-state index in [0.717, 1.165) is 65.4 Å². The van der Waals surface area contributed by atoms with Crippen molar-refractivity contribution in [3.8, 4) is 0 Å². The zero-order valence-electron chi connectivity index (χ0n) is 32.4. The molecule has 0 spiro atoms. The second kappa shape index (κ2) is 24.3. The van der Waals surface area contributed by atoms with Gasteiger partial charge in [-0.15, -0.1) is 0 Å². The average Bonchev–Trinajstić information content (AvgIpc) is 3.14. The standard InChI is InChI=1S/C37H53N3O16/c1-22(41)50-21-28-32(51-23(2)42)34(52-24(3)43)35(53-25(4)44)37(55-28)56-33-30(39-40-38)36(49-18-14-9-7-6-8-13-17-29(45)47-5)54-27(31(33)46)20-48-19-26-15-11-10-12-16-26/h10-12,15-16,27-28,30-37,46H,6-9,13-14,17-21H2,1-5H3/t27-,28-,30-,31-,32+,33-,34+,35-,36-,37+/m1/s1. The Morgan fingerprint density at radius 2 is 1.36 bits per heavy atom. The molecule has 2 fully saturated rings. The molecular formula is C37H53N3O16. The number of nitrogens with zero attached hydrogens (tertiary/aromatic N) is 3. The Morgan fingerprint density at radius 1 is 0.750 bits per heavy atom. The number of hydrogen-bond donors (Lipinski definition) is 1. The van der Waals surface area contributed by atoms with Crippen molar-refractivity contribution in [2.24, 2.45) is 5.11 Å². The molecule has 2 aliphatic heterocycles. The van der Waals surface area contributed by atoms with Crippen LogP contribution in [0.1, 0.15) is 78.2 Å². The maximum absolute atomic E-state index is 12.4. The minimum absolute atomic E-state index is 0.164. The van der Waals surface area contributed by atoms with E-state index >= 15 is 0 Å². The first-order chi connectivity index (χ1) is 26.8. The normalized spacial score (nSPS) is 27.2. The van der Waals surface area contributed by atoms with Crippen LogP contribution in [0.2, 0.25) is 0 Å². The molecule has 0 radical (unpaired) electrons. The van der Waals surface area contributed by atoms with E-state index in [2.05, 4.69) is 14.8 Å². The van der Waals surface area contributed by atoms with E-state index in [4.69, 9.17) is 42.6 Å². The number of methoxy groups -OCH3 is 1. The third-order valence-corrected chi connectivity index (χ3v) is 8.75. The minimum Gasteiger partial charge on any atom is -0.469 e. The molecule has 0 saturated carbocycles. The highest BCUT2D eigenvalue weighted by atomic mass is 16.8. The Hall–Kier alpha value is -4.36. The molecule has 3 rings (SSSR count). The number of carbonyl (C=O) groups excluding carboxylic acids is 5. The SMILES string of the molecule is COC(=O)CCCCCCCCO[C@@H]1O[C@H](COCc2ccccc2)[C@@H](O)[C@H](O[C@@H]2O[C@H](COC(C)=O)[C@H](OC(C)=O)[C@H](OC(C)=O)[C@H]2OC(C)=O)[C@H]1N=[N+]=[N-]. The van der Waals surface area contributed by atoms with Gasteiger partial charge in [-0.05, 0) is 23.9 Å². The summed E-state index contributed by atoms with van der Waals surface area (Å²) < 4.78 is 56.8. The first-order valence-electron chi connectivity index (χ1n) is 18.5. The van der Waals surface area contributed by atoms with Gasteiger partial charge in [-0.3, -0.25) is 24.0 Å². The third-order valence-electron chi connectivity index (χ3n) is 8.75. The van der Waals surface area contributed by atoms with Crippen molar-refractivity contribution in [3.63, 3.8) is 0 Å². The van der Waals surface area contributed by atoms with E-state index in [-0.39, 0.29) is 25.8 Å². The van der Waals surface area contributed by atoms with Crippen molar-refractivity contribution in [1.82, 2.24) is 0 Å². The Morgan fingerprint density at radius 3 is 1.98 bits per heavy atom. The second-order valence-corrected chi connectivity index (χ2v) is 13.2. The van der Waals surface area contributed by atoms with Crippen LogP contribution < -0.4 is 0 Å². The van der Waals surface area contributed by atoms with E-state index in [9.17, 15) is 34.6 Å². The van der Waals surface area contributed by atoms with Gasteiger partial charge in [-0.1, -0.05) is 61.1 Å². The lowest BCUT2D eigenvalue weighted by Crippen LogP contribution is -2.66. The Balaban J connectivity index is 1.89. The number of benzene rings is 1. The molecule has 10 atom stereocenters. The van der Waals surface area contributed by atoms with Crippen LogP contribution in [0.15, 0.2) is 35.4 Å². The molecule has 312 valence electrons. The Bertz CT molecular complexity index is 1460. The molecule has 0 aromatic heterocycles. The number of azide groups is 1. The molecule has 19 heteroatoms. The monoisotopic (exact) mass is 795 g/mol. The van der Waals surface area contributed by atoms with Crippen molar-refractivity contribution in [1.29, 1.82) is 0 Å². The number of unbranched alkanes of at least 4 members (excludes halogenated alkanes) is 5. The van der Waals surface area contributed by atoms with Gasteiger partial charge < -0.3 is 52.5 Å². The molecule has 1 aromatic carbocycles. The van der Waals surface area contributed by atoms with Gasteiger partial charge in [0.2, 0.25) is 0 Å². The largest absolute Gasteiger partial charge is 0.469 e. The number of esters is 5. The molecule has 19 nitrogen and oxygen atoms in total. The van der Waals surface area contributed by atoms with Crippen LogP contribution in [-0.4, -0.2) is 123 Å². The van der Waals surface area contributed by atoms with E-state index in [1.165, 1.54) is 7.11 Å². The lowest BCUT2D eigenvalue weighted by molar-refractivity contribution is -0.345. The van der Waals surface area contributed by atoms with Gasteiger partial charge in [0.05, 0.1) is 20.3 Å². The van der Waals surface area contributed by atoms with Gasteiger partial charge >= 0.3 is 29.8 Å². The highest BCUT2D eigenvalue weighted by Crippen LogP contribution is 2.35. The molecule has 2 aliphatic rings. The highest BCUT2D eigenvalue weighted by Gasteiger charge is 2.56. The van der Waals surface area contributed by atoms with Crippen LogP contribution in [0.4, 0.5) is 0 Å².